The number of thiophene rings is 1. The summed E-state index contributed by atoms with van der Waals surface area (Å²) in [5.74, 6) is -0.553. The first-order valence-electron chi connectivity index (χ1n) is 5.82. The van der Waals surface area contributed by atoms with Crippen molar-refractivity contribution < 1.29 is 19.7 Å². The summed E-state index contributed by atoms with van der Waals surface area (Å²) in [6, 6.07) is 1.78. The van der Waals surface area contributed by atoms with E-state index in [1.54, 1.807) is 6.07 Å². The van der Waals surface area contributed by atoms with Crippen LogP contribution in [0.25, 0.3) is 0 Å². The summed E-state index contributed by atoms with van der Waals surface area (Å²) in [5.41, 5.74) is 0. The number of carboxylic acid groups (broad SMARTS) is 1. The van der Waals surface area contributed by atoms with Crippen LogP contribution in [0.15, 0.2) is 6.07 Å². The predicted molar refractivity (Wildman–Crippen MR) is 64.9 cm³/mol. The van der Waals surface area contributed by atoms with Gasteiger partial charge in [0.1, 0.15) is 11.9 Å². The van der Waals surface area contributed by atoms with Crippen molar-refractivity contribution in [1.29, 1.82) is 0 Å². The zero-order valence-electron chi connectivity index (χ0n) is 9.68. The molecule has 2 rings (SSSR count). The van der Waals surface area contributed by atoms with E-state index in [0.717, 1.165) is 30.6 Å². The molecular weight excluding hydrogens is 240 g/mol. The van der Waals surface area contributed by atoms with E-state index in [9.17, 15) is 9.90 Å². The van der Waals surface area contributed by atoms with Gasteiger partial charge >= 0.3 is 5.97 Å². The van der Waals surface area contributed by atoms with Crippen molar-refractivity contribution in [3.8, 4) is 5.75 Å². The highest BCUT2D eigenvalue weighted by atomic mass is 32.1. The summed E-state index contributed by atoms with van der Waals surface area (Å²) in [5, 5.41) is 18.8. The van der Waals surface area contributed by atoms with Gasteiger partial charge in [-0.05, 0) is 31.7 Å². The molecule has 1 heterocycles. The number of aromatic carboxylic acids is 1. The van der Waals surface area contributed by atoms with Crippen LogP contribution in [0.4, 0.5) is 0 Å². The molecule has 1 aromatic heterocycles. The number of hydrogen-bond acceptors (Lipinski definition) is 4. The average Bonchev–Trinajstić information content (AvgIpc) is 2.87. The summed E-state index contributed by atoms with van der Waals surface area (Å²) in [6.45, 7) is 1.98. The van der Waals surface area contributed by atoms with Gasteiger partial charge in [0.15, 0.2) is 4.88 Å². The van der Waals surface area contributed by atoms with Gasteiger partial charge in [-0.3, -0.25) is 0 Å². The number of carboxylic acids is 1. The molecule has 0 aromatic carbocycles. The first-order chi connectivity index (χ1) is 8.11. The van der Waals surface area contributed by atoms with Crippen LogP contribution in [0.3, 0.4) is 0 Å². The second-order valence-corrected chi connectivity index (χ2v) is 5.36. The topological polar surface area (TPSA) is 66.8 Å². The molecule has 4 nitrogen and oxygen atoms in total. The van der Waals surface area contributed by atoms with Gasteiger partial charge in [0.05, 0.1) is 6.10 Å². The standard InChI is InChI=1S/C12H16O4S/c1-2-7-6-10(11(17-7)12(14)15)16-9-5-3-4-8(9)13/h6,8-9,13H,2-5H2,1H3,(H,14,15). The van der Waals surface area contributed by atoms with Crippen molar-refractivity contribution in [2.45, 2.75) is 44.8 Å². The summed E-state index contributed by atoms with van der Waals surface area (Å²) in [7, 11) is 0. The molecule has 94 valence electrons. The fourth-order valence-corrected chi connectivity index (χ4v) is 2.91. The molecule has 0 saturated heterocycles. The van der Waals surface area contributed by atoms with Gasteiger partial charge in [-0.25, -0.2) is 4.79 Å². The summed E-state index contributed by atoms with van der Waals surface area (Å²) in [6.07, 6.45) is 2.52. The van der Waals surface area contributed by atoms with Crippen molar-refractivity contribution in [2.75, 3.05) is 0 Å². The third-order valence-electron chi connectivity index (χ3n) is 2.99. The van der Waals surface area contributed by atoms with Crippen LogP contribution < -0.4 is 4.74 Å². The lowest BCUT2D eigenvalue weighted by Crippen LogP contribution is -2.26. The van der Waals surface area contributed by atoms with E-state index in [1.807, 2.05) is 6.92 Å². The lowest BCUT2D eigenvalue weighted by molar-refractivity contribution is 0.0567. The van der Waals surface area contributed by atoms with E-state index >= 15 is 0 Å². The van der Waals surface area contributed by atoms with Gasteiger partial charge in [0.2, 0.25) is 0 Å². The number of aryl methyl sites for hydroxylation is 1. The Bertz CT molecular complexity index is 413. The van der Waals surface area contributed by atoms with Crippen LogP contribution in [0.2, 0.25) is 0 Å². The first kappa shape index (κ1) is 12.4. The molecule has 5 heteroatoms. The summed E-state index contributed by atoms with van der Waals surface area (Å²) < 4.78 is 5.64. The Kier molecular flexibility index (Phi) is 3.69. The number of aliphatic hydroxyl groups is 1. The number of ether oxygens (including phenoxy) is 1. The smallest absolute Gasteiger partial charge is 0.349 e. The van der Waals surface area contributed by atoms with E-state index in [2.05, 4.69) is 0 Å². The highest BCUT2D eigenvalue weighted by molar-refractivity contribution is 7.14. The Morgan fingerprint density at radius 2 is 2.35 bits per heavy atom. The minimum Gasteiger partial charge on any atom is -0.486 e. The number of carbonyl (C=O) groups is 1. The molecule has 1 aliphatic rings. The molecule has 0 radical (unpaired) electrons. The summed E-state index contributed by atoms with van der Waals surface area (Å²) in [4.78, 5) is 12.3. The fourth-order valence-electron chi connectivity index (χ4n) is 2.04. The molecule has 17 heavy (non-hydrogen) atoms. The third kappa shape index (κ3) is 2.61. The molecule has 1 fully saturated rings. The van der Waals surface area contributed by atoms with E-state index in [0.29, 0.717) is 5.75 Å². The Balaban J connectivity index is 2.18. The SMILES string of the molecule is CCc1cc(OC2CCCC2O)c(C(=O)O)s1. The van der Waals surface area contributed by atoms with Crippen LogP contribution in [0, 0.1) is 0 Å². The van der Waals surface area contributed by atoms with Crippen LogP contribution >= 0.6 is 11.3 Å². The van der Waals surface area contributed by atoms with Crippen LogP contribution in [-0.2, 0) is 6.42 Å². The molecule has 2 unspecified atom stereocenters. The minimum absolute atomic E-state index is 0.237. The number of aliphatic hydroxyl groups excluding tert-OH is 1. The molecule has 0 aliphatic heterocycles. The molecule has 1 aromatic rings. The third-order valence-corrected chi connectivity index (χ3v) is 4.24. The van der Waals surface area contributed by atoms with E-state index < -0.39 is 12.1 Å². The van der Waals surface area contributed by atoms with E-state index in [1.165, 1.54) is 11.3 Å². The Morgan fingerprint density at radius 1 is 1.59 bits per heavy atom. The maximum Gasteiger partial charge on any atom is 0.349 e. The lowest BCUT2D eigenvalue weighted by Gasteiger charge is -2.16. The minimum atomic E-state index is -0.961. The molecule has 0 spiro atoms. The molecule has 2 N–H and O–H groups in total. The molecule has 1 saturated carbocycles. The average molecular weight is 256 g/mol. The molecule has 1 aliphatic carbocycles. The normalized spacial score (nSPS) is 23.9. The Labute approximate surface area is 104 Å². The van der Waals surface area contributed by atoms with E-state index in [4.69, 9.17) is 9.84 Å². The second-order valence-electron chi connectivity index (χ2n) is 4.22. The van der Waals surface area contributed by atoms with Gasteiger partial charge in [-0.1, -0.05) is 6.92 Å². The van der Waals surface area contributed by atoms with Crippen molar-refractivity contribution in [1.82, 2.24) is 0 Å². The predicted octanol–water partition coefficient (Wildman–Crippen LogP) is 2.30. The first-order valence-corrected chi connectivity index (χ1v) is 6.64. The van der Waals surface area contributed by atoms with Gasteiger partial charge in [-0.15, -0.1) is 11.3 Å². The van der Waals surface area contributed by atoms with Crippen molar-refractivity contribution >= 4 is 17.3 Å². The fraction of sp³-hybridized carbons (Fsp3) is 0.583. The van der Waals surface area contributed by atoms with E-state index in [-0.39, 0.29) is 11.0 Å². The van der Waals surface area contributed by atoms with Crippen molar-refractivity contribution in [2.24, 2.45) is 0 Å². The highest BCUT2D eigenvalue weighted by Gasteiger charge is 2.29. The highest BCUT2D eigenvalue weighted by Crippen LogP contribution is 2.33. The molecule has 0 amide bonds. The van der Waals surface area contributed by atoms with Gasteiger partial charge in [-0.2, -0.15) is 0 Å². The van der Waals surface area contributed by atoms with Crippen LogP contribution in [0.1, 0.15) is 40.7 Å². The summed E-state index contributed by atoms with van der Waals surface area (Å²) >= 11 is 1.25. The van der Waals surface area contributed by atoms with Gasteiger partial charge < -0.3 is 14.9 Å². The second kappa shape index (κ2) is 5.06. The monoisotopic (exact) mass is 256 g/mol. The van der Waals surface area contributed by atoms with Crippen molar-refractivity contribution in [3.05, 3.63) is 15.8 Å². The number of hydrogen-bond donors (Lipinski definition) is 2. The molecule has 0 bridgehead atoms. The zero-order chi connectivity index (χ0) is 12.4. The van der Waals surface area contributed by atoms with Gasteiger partial charge in [0, 0.05) is 4.88 Å². The van der Waals surface area contributed by atoms with Crippen LogP contribution in [-0.4, -0.2) is 28.4 Å². The maximum absolute atomic E-state index is 11.1. The van der Waals surface area contributed by atoms with Gasteiger partial charge in [0.25, 0.3) is 0 Å². The Hall–Kier alpha value is -1.07. The molecule has 2 atom stereocenters. The largest absolute Gasteiger partial charge is 0.486 e. The maximum atomic E-state index is 11.1. The zero-order valence-corrected chi connectivity index (χ0v) is 10.5. The molecular formula is C12H16O4S. The Morgan fingerprint density at radius 3 is 2.88 bits per heavy atom. The quantitative estimate of drug-likeness (QED) is 0.867. The van der Waals surface area contributed by atoms with Crippen LogP contribution in [0.5, 0.6) is 5.75 Å². The number of rotatable bonds is 4. The van der Waals surface area contributed by atoms with Crippen molar-refractivity contribution in [3.63, 3.8) is 0 Å². The lowest BCUT2D eigenvalue weighted by atomic mass is 10.2.